The second kappa shape index (κ2) is 6.27. The number of rotatable bonds is 2. The van der Waals surface area contributed by atoms with Crippen LogP contribution in [0.25, 0.3) is 0 Å². The molecule has 116 valence electrons. The molecule has 1 aliphatic rings. The van der Waals surface area contributed by atoms with Crippen LogP contribution in [0.2, 0.25) is 5.02 Å². The number of carbonyl (C=O) groups excluding carboxylic acids is 1. The third kappa shape index (κ3) is 3.71. The molecule has 0 unspecified atom stereocenters. The summed E-state index contributed by atoms with van der Waals surface area (Å²) in [5, 5.41) is -0.0538. The van der Waals surface area contributed by atoms with Gasteiger partial charge in [0, 0.05) is 32.4 Å². The lowest BCUT2D eigenvalue weighted by Gasteiger charge is -2.35. The highest BCUT2D eigenvalue weighted by atomic mass is 35.5. The van der Waals surface area contributed by atoms with Crippen molar-refractivity contribution in [3.63, 3.8) is 0 Å². The summed E-state index contributed by atoms with van der Waals surface area (Å²) < 4.78 is 37.7. The first-order chi connectivity index (χ1) is 9.82. The second-order valence-electron chi connectivity index (χ2n) is 4.53. The van der Waals surface area contributed by atoms with Gasteiger partial charge in [-0.05, 0) is 6.07 Å². The van der Waals surface area contributed by atoms with Crippen molar-refractivity contribution in [2.75, 3.05) is 37.0 Å². The van der Waals surface area contributed by atoms with Gasteiger partial charge in [0.2, 0.25) is 5.91 Å². The largest absolute Gasteiger partial charge is 0.417 e. The van der Waals surface area contributed by atoms with Gasteiger partial charge in [0.1, 0.15) is 11.7 Å². The van der Waals surface area contributed by atoms with Gasteiger partial charge in [0.05, 0.1) is 10.6 Å². The van der Waals surface area contributed by atoms with Gasteiger partial charge in [-0.2, -0.15) is 13.2 Å². The van der Waals surface area contributed by atoms with E-state index in [1.54, 1.807) is 9.80 Å². The van der Waals surface area contributed by atoms with Crippen molar-refractivity contribution in [1.29, 1.82) is 0 Å². The maximum atomic E-state index is 12.6. The van der Waals surface area contributed by atoms with Crippen LogP contribution < -0.4 is 4.90 Å². The molecule has 1 saturated heterocycles. The number of halogens is 5. The van der Waals surface area contributed by atoms with Gasteiger partial charge < -0.3 is 9.80 Å². The Morgan fingerprint density at radius 1 is 1.29 bits per heavy atom. The quantitative estimate of drug-likeness (QED) is 0.776. The van der Waals surface area contributed by atoms with E-state index in [0.29, 0.717) is 32.0 Å². The zero-order valence-corrected chi connectivity index (χ0v) is 12.3. The third-order valence-corrected chi connectivity index (χ3v) is 3.70. The molecule has 21 heavy (non-hydrogen) atoms. The summed E-state index contributed by atoms with van der Waals surface area (Å²) in [4.78, 5) is 18.6. The summed E-state index contributed by atoms with van der Waals surface area (Å²) >= 11 is 11.4. The van der Waals surface area contributed by atoms with E-state index in [4.69, 9.17) is 23.2 Å². The van der Waals surface area contributed by atoms with E-state index >= 15 is 0 Å². The van der Waals surface area contributed by atoms with Crippen LogP contribution >= 0.6 is 23.2 Å². The van der Waals surface area contributed by atoms with Crippen LogP contribution in [0.3, 0.4) is 0 Å². The van der Waals surface area contributed by atoms with Crippen LogP contribution in [0.15, 0.2) is 12.3 Å². The standard InChI is InChI=1S/C12H12Cl2F3N3O/c13-6-10(21)19-1-3-20(4-2-19)11-9(14)5-8(7-18-11)12(15,16)17/h5,7H,1-4,6H2. The van der Waals surface area contributed by atoms with Crippen LogP contribution in [0.5, 0.6) is 0 Å². The number of alkyl halides is 4. The third-order valence-electron chi connectivity index (χ3n) is 3.20. The number of anilines is 1. The molecule has 0 N–H and O–H groups in total. The number of hydrogen-bond acceptors (Lipinski definition) is 3. The predicted molar refractivity (Wildman–Crippen MR) is 73.8 cm³/mol. The van der Waals surface area contributed by atoms with E-state index in [2.05, 4.69) is 4.98 Å². The molecule has 0 aromatic carbocycles. The molecule has 1 aromatic rings. The first-order valence-corrected chi connectivity index (χ1v) is 7.05. The number of aromatic nitrogens is 1. The summed E-state index contributed by atoms with van der Waals surface area (Å²) in [6.07, 6.45) is -3.71. The minimum absolute atomic E-state index is 0.0538. The fraction of sp³-hybridized carbons (Fsp3) is 0.500. The molecule has 4 nitrogen and oxygen atoms in total. The summed E-state index contributed by atoms with van der Waals surface area (Å²) in [5.74, 6) is 0.0460. The summed E-state index contributed by atoms with van der Waals surface area (Å²) in [7, 11) is 0. The van der Waals surface area contributed by atoms with E-state index in [9.17, 15) is 18.0 Å². The highest BCUT2D eigenvalue weighted by Gasteiger charge is 2.32. The SMILES string of the molecule is O=C(CCl)N1CCN(c2ncc(C(F)(F)F)cc2Cl)CC1. The molecule has 0 radical (unpaired) electrons. The van der Waals surface area contributed by atoms with Crippen LogP contribution in [0.4, 0.5) is 19.0 Å². The van der Waals surface area contributed by atoms with Crippen molar-refractivity contribution in [2.24, 2.45) is 0 Å². The monoisotopic (exact) mass is 341 g/mol. The van der Waals surface area contributed by atoms with Gasteiger partial charge >= 0.3 is 6.18 Å². The van der Waals surface area contributed by atoms with Crippen molar-refractivity contribution in [1.82, 2.24) is 9.88 Å². The maximum absolute atomic E-state index is 12.6. The van der Waals surface area contributed by atoms with Crippen LogP contribution in [0.1, 0.15) is 5.56 Å². The van der Waals surface area contributed by atoms with Crippen molar-refractivity contribution in [3.05, 3.63) is 22.8 Å². The molecule has 2 heterocycles. The topological polar surface area (TPSA) is 36.4 Å². The Morgan fingerprint density at radius 3 is 2.38 bits per heavy atom. The minimum atomic E-state index is -4.47. The van der Waals surface area contributed by atoms with Crippen LogP contribution in [-0.4, -0.2) is 47.9 Å². The molecular weight excluding hydrogens is 330 g/mol. The highest BCUT2D eigenvalue weighted by molar-refractivity contribution is 6.33. The van der Waals surface area contributed by atoms with Crippen molar-refractivity contribution < 1.29 is 18.0 Å². The van der Waals surface area contributed by atoms with Gasteiger partial charge in [-0.15, -0.1) is 11.6 Å². The molecule has 1 fully saturated rings. The molecule has 0 saturated carbocycles. The van der Waals surface area contributed by atoms with Crippen molar-refractivity contribution in [3.8, 4) is 0 Å². The van der Waals surface area contributed by atoms with Gasteiger partial charge in [-0.25, -0.2) is 4.98 Å². The Balaban J connectivity index is 2.09. The average Bonchev–Trinajstić information content (AvgIpc) is 2.45. The average molecular weight is 342 g/mol. The fourth-order valence-corrected chi connectivity index (χ4v) is 2.53. The summed E-state index contributed by atoms with van der Waals surface area (Å²) in [6, 6.07) is 0.861. The number of nitrogens with zero attached hydrogens (tertiary/aromatic N) is 3. The Kier molecular flexibility index (Phi) is 4.83. The first-order valence-electron chi connectivity index (χ1n) is 6.14. The maximum Gasteiger partial charge on any atom is 0.417 e. The first kappa shape index (κ1) is 16.2. The Labute approximate surface area is 129 Å². The lowest BCUT2D eigenvalue weighted by Crippen LogP contribution is -2.49. The van der Waals surface area contributed by atoms with Crippen LogP contribution in [0, 0.1) is 0 Å². The van der Waals surface area contributed by atoms with E-state index in [0.717, 1.165) is 12.3 Å². The molecule has 1 amide bonds. The van der Waals surface area contributed by atoms with Gasteiger partial charge in [-0.3, -0.25) is 4.79 Å². The highest BCUT2D eigenvalue weighted by Crippen LogP contribution is 2.33. The number of piperazine rings is 1. The van der Waals surface area contributed by atoms with E-state index in [1.807, 2.05) is 0 Å². The molecule has 0 spiro atoms. The molecule has 1 aliphatic heterocycles. The van der Waals surface area contributed by atoms with E-state index in [1.165, 1.54) is 0 Å². The Morgan fingerprint density at radius 2 is 1.90 bits per heavy atom. The molecular formula is C12H12Cl2F3N3O. The molecule has 0 atom stereocenters. The zero-order chi connectivity index (χ0) is 15.6. The number of pyridine rings is 1. The lowest BCUT2D eigenvalue weighted by molar-refractivity contribution is -0.137. The van der Waals surface area contributed by atoms with Crippen LogP contribution in [-0.2, 0) is 11.0 Å². The molecule has 9 heteroatoms. The van der Waals surface area contributed by atoms with Gasteiger partial charge in [0.15, 0.2) is 0 Å². The second-order valence-corrected chi connectivity index (χ2v) is 5.20. The summed E-state index contributed by atoms with van der Waals surface area (Å²) in [5.41, 5.74) is -0.882. The van der Waals surface area contributed by atoms with E-state index in [-0.39, 0.29) is 16.8 Å². The molecule has 2 rings (SSSR count). The van der Waals surface area contributed by atoms with E-state index < -0.39 is 11.7 Å². The number of amides is 1. The van der Waals surface area contributed by atoms with Crippen molar-refractivity contribution >= 4 is 34.9 Å². The number of hydrogen-bond donors (Lipinski definition) is 0. The molecule has 0 bridgehead atoms. The lowest BCUT2D eigenvalue weighted by atomic mass is 10.2. The normalized spacial score (nSPS) is 16.2. The summed E-state index contributed by atoms with van der Waals surface area (Å²) in [6.45, 7) is 1.76. The molecule has 1 aromatic heterocycles. The Hall–Kier alpha value is -1.21. The number of carbonyl (C=O) groups is 1. The minimum Gasteiger partial charge on any atom is -0.352 e. The van der Waals surface area contributed by atoms with Gasteiger partial charge in [0.25, 0.3) is 0 Å². The van der Waals surface area contributed by atoms with Crippen molar-refractivity contribution in [2.45, 2.75) is 6.18 Å². The molecule has 0 aliphatic carbocycles. The smallest absolute Gasteiger partial charge is 0.352 e. The zero-order valence-electron chi connectivity index (χ0n) is 10.8. The predicted octanol–water partition coefficient (Wildman–Crippen LogP) is 2.64. The Bertz CT molecular complexity index is 531. The fourth-order valence-electron chi connectivity index (χ4n) is 2.07. The van der Waals surface area contributed by atoms with Gasteiger partial charge in [-0.1, -0.05) is 11.6 Å².